The minimum Gasteiger partial charge on any atom is -0.493 e. The first kappa shape index (κ1) is 20.9. The van der Waals surface area contributed by atoms with Gasteiger partial charge < -0.3 is 24.1 Å². The van der Waals surface area contributed by atoms with Gasteiger partial charge in [-0.05, 0) is 18.1 Å². The molecule has 1 heterocycles. The van der Waals surface area contributed by atoms with Crippen LogP contribution >= 0.6 is 11.8 Å². The number of carbonyl (C=O) groups is 1. The fourth-order valence-corrected chi connectivity index (χ4v) is 3.28. The van der Waals surface area contributed by atoms with Gasteiger partial charge in [0.1, 0.15) is 0 Å². The van der Waals surface area contributed by atoms with Crippen molar-refractivity contribution >= 4 is 17.7 Å². The smallest absolute Gasteiger partial charge is 0.255 e. The van der Waals surface area contributed by atoms with Crippen molar-refractivity contribution < 1.29 is 19.0 Å². The third-order valence-electron chi connectivity index (χ3n) is 3.83. The third-order valence-corrected chi connectivity index (χ3v) is 5.27. The van der Waals surface area contributed by atoms with E-state index in [-0.39, 0.29) is 12.5 Å². The molecule has 1 N–H and O–H groups in total. The van der Waals surface area contributed by atoms with Crippen LogP contribution in [0.2, 0.25) is 0 Å². The second-order valence-electron chi connectivity index (χ2n) is 6.23. The molecule has 2 rings (SSSR count). The maximum absolute atomic E-state index is 12.6. The molecule has 2 aromatic rings. The van der Waals surface area contributed by atoms with Gasteiger partial charge in [-0.15, -0.1) is 10.2 Å². The first-order valence-electron chi connectivity index (χ1n) is 8.51. The molecule has 0 atom stereocenters. The number of benzene rings is 1. The summed E-state index contributed by atoms with van der Waals surface area (Å²) >= 11 is 1.65. The highest BCUT2D eigenvalue weighted by atomic mass is 32.2. The van der Waals surface area contributed by atoms with Crippen molar-refractivity contribution in [3.05, 3.63) is 23.5 Å². The lowest BCUT2D eigenvalue weighted by Crippen LogP contribution is -2.25. The maximum atomic E-state index is 12.6. The minimum atomic E-state index is -0.299. The van der Waals surface area contributed by atoms with Crippen LogP contribution in [0.25, 0.3) is 0 Å². The Morgan fingerprint density at radius 3 is 2.44 bits per heavy atom. The fraction of sp³-hybridized carbons (Fsp3) is 0.500. The lowest BCUT2D eigenvalue weighted by atomic mass is 10.1. The highest BCUT2D eigenvalue weighted by Crippen LogP contribution is 2.39. The van der Waals surface area contributed by atoms with Gasteiger partial charge in [-0.1, -0.05) is 25.6 Å². The van der Waals surface area contributed by atoms with Crippen molar-refractivity contribution in [2.24, 2.45) is 13.0 Å². The van der Waals surface area contributed by atoms with E-state index in [0.29, 0.717) is 34.6 Å². The summed E-state index contributed by atoms with van der Waals surface area (Å²) in [7, 11) is 6.40. The predicted molar refractivity (Wildman–Crippen MR) is 104 cm³/mol. The van der Waals surface area contributed by atoms with Crippen LogP contribution in [0.4, 0.5) is 0 Å². The number of methoxy groups -OCH3 is 3. The van der Waals surface area contributed by atoms with Crippen LogP contribution in [0.5, 0.6) is 17.2 Å². The van der Waals surface area contributed by atoms with Crippen LogP contribution in [0.3, 0.4) is 0 Å². The number of rotatable bonds is 9. The van der Waals surface area contributed by atoms with E-state index in [4.69, 9.17) is 14.2 Å². The zero-order chi connectivity index (χ0) is 20.0. The van der Waals surface area contributed by atoms with Crippen LogP contribution in [0, 0.1) is 5.92 Å². The van der Waals surface area contributed by atoms with Gasteiger partial charge in [0, 0.05) is 12.8 Å². The molecule has 0 spiro atoms. The highest BCUT2D eigenvalue weighted by Gasteiger charge is 2.21. The first-order chi connectivity index (χ1) is 12.9. The minimum absolute atomic E-state index is 0.252. The molecule has 0 bridgehead atoms. The molecular formula is C18H26N4O4S. The molecule has 148 valence electrons. The molecule has 0 aliphatic carbocycles. The van der Waals surface area contributed by atoms with Crippen molar-refractivity contribution in [2.75, 3.05) is 27.1 Å². The Bertz CT molecular complexity index is 792. The van der Waals surface area contributed by atoms with Crippen LogP contribution in [-0.4, -0.2) is 47.8 Å². The topological polar surface area (TPSA) is 87.5 Å². The predicted octanol–water partition coefficient (Wildman–Crippen LogP) is 2.52. The van der Waals surface area contributed by atoms with Gasteiger partial charge in [0.05, 0.1) is 33.4 Å². The number of nitrogens with one attached hydrogen (secondary N) is 1. The maximum Gasteiger partial charge on any atom is 0.255 e. The van der Waals surface area contributed by atoms with Crippen LogP contribution < -0.4 is 19.5 Å². The van der Waals surface area contributed by atoms with Gasteiger partial charge in [0.2, 0.25) is 5.75 Å². The molecule has 0 aliphatic heterocycles. The van der Waals surface area contributed by atoms with E-state index < -0.39 is 0 Å². The molecule has 9 heteroatoms. The first-order valence-corrected chi connectivity index (χ1v) is 9.49. The summed E-state index contributed by atoms with van der Waals surface area (Å²) in [5.74, 6) is 3.08. The summed E-state index contributed by atoms with van der Waals surface area (Å²) in [6.07, 6.45) is 0. The number of nitrogens with zero attached hydrogens (tertiary/aromatic N) is 3. The van der Waals surface area contributed by atoms with E-state index in [1.54, 1.807) is 23.9 Å². The van der Waals surface area contributed by atoms with Crippen molar-refractivity contribution in [3.8, 4) is 17.2 Å². The van der Waals surface area contributed by atoms with Crippen LogP contribution in [0.1, 0.15) is 30.0 Å². The van der Waals surface area contributed by atoms with Gasteiger partial charge in [0.25, 0.3) is 5.91 Å². The SMILES string of the molecule is COc1ccc(C(=O)NCc2nnc(SCC(C)C)n2C)c(OC)c1OC. The summed E-state index contributed by atoms with van der Waals surface area (Å²) in [5, 5.41) is 12.0. The molecule has 27 heavy (non-hydrogen) atoms. The average molecular weight is 394 g/mol. The van der Waals surface area contributed by atoms with Crippen molar-refractivity contribution in [1.82, 2.24) is 20.1 Å². The van der Waals surface area contributed by atoms with Crippen LogP contribution in [-0.2, 0) is 13.6 Å². The molecule has 0 fully saturated rings. The Morgan fingerprint density at radius 1 is 1.15 bits per heavy atom. The number of amides is 1. The highest BCUT2D eigenvalue weighted by molar-refractivity contribution is 7.99. The van der Waals surface area contributed by atoms with Crippen molar-refractivity contribution in [3.63, 3.8) is 0 Å². The Labute approximate surface area is 163 Å². The second kappa shape index (κ2) is 9.50. The lowest BCUT2D eigenvalue weighted by Gasteiger charge is -2.15. The van der Waals surface area contributed by atoms with Crippen molar-refractivity contribution in [1.29, 1.82) is 0 Å². The largest absolute Gasteiger partial charge is 0.493 e. The molecule has 8 nitrogen and oxygen atoms in total. The summed E-state index contributed by atoms with van der Waals surface area (Å²) < 4.78 is 17.8. The van der Waals surface area contributed by atoms with Gasteiger partial charge in [-0.2, -0.15) is 0 Å². The second-order valence-corrected chi connectivity index (χ2v) is 7.21. The zero-order valence-corrected chi connectivity index (χ0v) is 17.3. The molecule has 1 amide bonds. The Morgan fingerprint density at radius 2 is 1.85 bits per heavy atom. The summed E-state index contributed by atoms with van der Waals surface area (Å²) in [6.45, 7) is 4.56. The van der Waals surface area contributed by atoms with E-state index in [1.807, 2.05) is 11.6 Å². The van der Waals surface area contributed by atoms with E-state index in [2.05, 4.69) is 29.4 Å². The molecule has 0 aliphatic rings. The Hall–Kier alpha value is -2.42. The van der Waals surface area contributed by atoms with E-state index in [9.17, 15) is 4.79 Å². The fourth-order valence-electron chi connectivity index (χ4n) is 2.40. The standard InChI is InChI=1S/C18H26N4O4S/c1-11(2)10-27-18-21-20-14(22(18)3)9-19-17(23)12-7-8-13(24-4)16(26-6)15(12)25-5/h7-8,11H,9-10H2,1-6H3,(H,19,23). The van der Waals surface area contributed by atoms with Crippen molar-refractivity contribution in [2.45, 2.75) is 25.5 Å². The van der Waals surface area contributed by atoms with E-state index in [1.165, 1.54) is 21.3 Å². The molecule has 0 saturated heterocycles. The lowest BCUT2D eigenvalue weighted by molar-refractivity contribution is 0.0945. The third kappa shape index (κ3) is 4.85. The molecular weight excluding hydrogens is 368 g/mol. The number of hydrogen-bond donors (Lipinski definition) is 1. The Balaban J connectivity index is 2.12. The molecule has 0 radical (unpaired) electrons. The van der Waals surface area contributed by atoms with Gasteiger partial charge in [-0.25, -0.2) is 0 Å². The van der Waals surface area contributed by atoms with Gasteiger partial charge >= 0.3 is 0 Å². The number of hydrogen-bond acceptors (Lipinski definition) is 7. The monoisotopic (exact) mass is 394 g/mol. The zero-order valence-electron chi connectivity index (χ0n) is 16.5. The molecule has 0 saturated carbocycles. The Kier molecular flexibility index (Phi) is 7.35. The van der Waals surface area contributed by atoms with Gasteiger partial charge in [-0.3, -0.25) is 4.79 Å². The number of thioether (sulfide) groups is 1. The van der Waals surface area contributed by atoms with Gasteiger partial charge in [0.15, 0.2) is 22.5 Å². The molecule has 0 unspecified atom stereocenters. The summed E-state index contributed by atoms with van der Waals surface area (Å²) in [6, 6.07) is 3.30. The van der Waals surface area contributed by atoms with Crippen LogP contribution in [0.15, 0.2) is 17.3 Å². The average Bonchev–Trinajstić information content (AvgIpc) is 3.02. The number of ether oxygens (including phenoxy) is 3. The summed E-state index contributed by atoms with van der Waals surface area (Å²) in [4.78, 5) is 12.6. The normalized spacial score (nSPS) is 10.8. The number of carbonyl (C=O) groups excluding carboxylic acids is 1. The van der Waals surface area contributed by atoms with E-state index >= 15 is 0 Å². The van der Waals surface area contributed by atoms with E-state index in [0.717, 1.165) is 10.9 Å². The quantitative estimate of drug-likeness (QED) is 0.654. The summed E-state index contributed by atoms with van der Waals surface area (Å²) in [5.41, 5.74) is 0.353. The number of aromatic nitrogens is 3. The molecule has 1 aromatic carbocycles. The molecule has 1 aromatic heterocycles.